The van der Waals surface area contributed by atoms with Crippen LogP contribution in [0.2, 0.25) is 0 Å². The quantitative estimate of drug-likeness (QED) is 0.724. The first-order chi connectivity index (χ1) is 5.43. The maximum atomic E-state index is 13.6. The molecule has 0 saturated heterocycles. The lowest BCUT2D eigenvalue weighted by atomic mass is 10.2. The zero-order valence-corrected chi connectivity index (χ0v) is 8.54. The van der Waals surface area contributed by atoms with Crippen LogP contribution in [0.5, 0.6) is 0 Å². The molecular weight excluding hydrogens is 181 g/mol. The van der Waals surface area contributed by atoms with Crippen molar-refractivity contribution in [1.82, 2.24) is 4.72 Å². The van der Waals surface area contributed by atoms with Gasteiger partial charge < -0.3 is 0 Å². The van der Waals surface area contributed by atoms with Crippen LogP contribution >= 0.6 is 0 Å². The number of sulfonamides is 1. The Balaban J connectivity index is 4.72. The largest absolute Gasteiger partial charge is 0.246 e. The molecule has 12 heavy (non-hydrogen) atoms. The molecule has 0 rings (SSSR count). The van der Waals surface area contributed by atoms with E-state index < -0.39 is 15.0 Å². The molecular formula is C7H16FNO2S. The summed E-state index contributed by atoms with van der Waals surface area (Å²) in [5.74, 6) is 0. The lowest BCUT2D eigenvalue weighted by Gasteiger charge is -2.21. The molecule has 0 saturated carbocycles. The van der Waals surface area contributed by atoms with Crippen molar-refractivity contribution >= 4 is 10.0 Å². The van der Waals surface area contributed by atoms with Crippen molar-refractivity contribution in [3.05, 3.63) is 0 Å². The highest BCUT2D eigenvalue weighted by Crippen LogP contribution is 2.26. The molecule has 74 valence electrons. The highest BCUT2D eigenvalue weighted by Gasteiger charge is 2.40. The van der Waals surface area contributed by atoms with E-state index in [1.807, 2.05) is 0 Å². The van der Waals surface area contributed by atoms with Crippen LogP contribution in [0.1, 0.15) is 33.6 Å². The third-order valence-electron chi connectivity index (χ3n) is 1.87. The second kappa shape index (κ2) is 4.18. The monoisotopic (exact) mass is 197 g/mol. The molecule has 0 aromatic rings. The number of halogens is 1. The summed E-state index contributed by atoms with van der Waals surface area (Å²) in [6.07, 6.45) is -0.0301. The van der Waals surface area contributed by atoms with Crippen LogP contribution in [0.3, 0.4) is 0 Å². The van der Waals surface area contributed by atoms with E-state index in [0.717, 1.165) is 0 Å². The third-order valence-corrected chi connectivity index (χ3v) is 4.08. The van der Waals surface area contributed by atoms with Crippen molar-refractivity contribution in [2.45, 2.75) is 38.6 Å². The summed E-state index contributed by atoms with van der Waals surface area (Å²) in [6.45, 7) is 4.91. The van der Waals surface area contributed by atoms with Gasteiger partial charge in [0, 0.05) is 6.54 Å². The Hall–Kier alpha value is -0.160. The van der Waals surface area contributed by atoms with Gasteiger partial charge in [-0.2, -0.15) is 0 Å². The molecule has 0 aliphatic rings. The van der Waals surface area contributed by atoms with E-state index in [1.54, 1.807) is 6.92 Å². The average Bonchev–Trinajstić information content (AvgIpc) is 2.02. The Kier molecular flexibility index (Phi) is 4.13. The average molecular weight is 197 g/mol. The number of alkyl halides is 1. The topological polar surface area (TPSA) is 46.2 Å². The van der Waals surface area contributed by atoms with Gasteiger partial charge in [-0.1, -0.05) is 20.8 Å². The van der Waals surface area contributed by atoms with Crippen LogP contribution in [-0.2, 0) is 10.0 Å². The van der Waals surface area contributed by atoms with Crippen LogP contribution in [0.15, 0.2) is 0 Å². The van der Waals surface area contributed by atoms with E-state index in [2.05, 4.69) is 4.72 Å². The fourth-order valence-corrected chi connectivity index (χ4v) is 2.35. The maximum Gasteiger partial charge on any atom is 0.246 e. The Morgan fingerprint density at radius 3 is 1.92 bits per heavy atom. The van der Waals surface area contributed by atoms with E-state index in [1.165, 1.54) is 13.8 Å². The predicted molar refractivity (Wildman–Crippen MR) is 47.0 cm³/mol. The highest BCUT2D eigenvalue weighted by molar-refractivity contribution is 7.90. The van der Waals surface area contributed by atoms with E-state index in [4.69, 9.17) is 0 Å². The Labute approximate surface area is 73.4 Å². The summed E-state index contributed by atoms with van der Waals surface area (Å²) in [6, 6.07) is 0. The van der Waals surface area contributed by atoms with Crippen LogP contribution < -0.4 is 4.72 Å². The molecule has 3 nitrogen and oxygen atoms in total. The highest BCUT2D eigenvalue weighted by atomic mass is 32.2. The van der Waals surface area contributed by atoms with Crippen molar-refractivity contribution in [2.24, 2.45) is 0 Å². The van der Waals surface area contributed by atoms with Gasteiger partial charge in [0.25, 0.3) is 0 Å². The molecule has 0 aromatic heterocycles. The van der Waals surface area contributed by atoms with Crippen molar-refractivity contribution < 1.29 is 12.8 Å². The molecule has 0 radical (unpaired) electrons. The molecule has 0 atom stereocenters. The minimum Gasteiger partial charge on any atom is -0.225 e. The first-order valence-corrected chi connectivity index (χ1v) is 5.60. The third kappa shape index (κ3) is 2.17. The molecule has 1 N–H and O–H groups in total. The van der Waals surface area contributed by atoms with Gasteiger partial charge in [-0.25, -0.2) is 17.5 Å². The molecule has 0 fully saturated rings. The first kappa shape index (κ1) is 11.8. The molecule has 0 spiro atoms. The summed E-state index contributed by atoms with van der Waals surface area (Å²) in [4.78, 5) is 0. The van der Waals surface area contributed by atoms with E-state index in [0.29, 0.717) is 0 Å². The van der Waals surface area contributed by atoms with Crippen molar-refractivity contribution in [2.75, 3.05) is 6.54 Å². The van der Waals surface area contributed by atoms with Crippen LogP contribution in [0, 0.1) is 0 Å². The first-order valence-electron chi connectivity index (χ1n) is 4.11. The van der Waals surface area contributed by atoms with Crippen LogP contribution in [-0.4, -0.2) is 20.0 Å². The number of nitrogens with one attached hydrogen (secondary N) is 1. The Bertz CT molecular complexity index is 222. The molecule has 0 aliphatic carbocycles. The van der Waals surface area contributed by atoms with Crippen molar-refractivity contribution in [3.8, 4) is 0 Å². The summed E-state index contributed by atoms with van der Waals surface area (Å²) in [5.41, 5.74) is 0. The zero-order chi connectivity index (χ0) is 9.83. The summed E-state index contributed by atoms with van der Waals surface area (Å²) < 4.78 is 38.2. The normalized spacial score (nSPS) is 13.3. The minimum absolute atomic E-state index is 0.0150. The second-order valence-electron chi connectivity index (χ2n) is 2.59. The SMILES string of the molecule is CCNS(=O)(=O)C(F)(CC)CC. The molecule has 0 unspecified atom stereocenters. The molecule has 0 aromatic carbocycles. The fraction of sp³-hybridized carbons (Fsp3) is 1.00. The van der Waals surface area contributed by atoms with Crippen LogP contribution in [0.4, 0.5) is 4.39 Å². The predicted octanol–water partition coefficient (Wildman–Crippen LogP) is 1.41. The molecule has 0 heterocycles. The van der Waals surface area contributed by atoms with Crippen LogP contribution in [0.25, 0.3) is 0 Å². The van der Waals surface area contributed by atoms with Gasteiger partial charge in [-0.3, -0.25) is 0 Å². The van der Waals surface area contributed by atoms with Gasteiger partial charge >= 0.3 is 0 Å². The van der Waals surface area contributed by atoms with E-state index in [9.17, 15) is 12.8 Å². The lowest BCUT2D eigenvalue weighted by molar-refractivity contribution is 0.247. The van der Waals surface area contributed by atoms with Gasteiger partial charge in [0.15, 0.2) is 0 Å². The van der Waals surface area contributed by atoms with Gasteiger partial charge in [0.1, 0.15) is 0 Å². The Morgan fingerprint density at radius 1 is 1.25 bits per heavy atom. The second-order valence-corrected chi connectivity index (χ2v) is 4.62. The lowest BCUT2D eigenvalue weighted by Crippen LogP contribution is -2.41. The molecule has 5 heteroatoms. The smallest absolute Gasteiger partial charge is 0.225 e. The Morgan fingerprint density at radius 2 is 1.67 bits per heavy atom. The maximum absolute atomic E-state index is 13.6. The number of hydrogen-bond donors (Lipinski definition) is 1. The van der Waals surface area contributed by atoms with Gasteiger partial charge in [0.2, 0.25) is 15.0 Å². The van der Waals surface area contributed by atoms with E-state index >= 15 is 0 Å². The van der Waals surface area contributed by atoms with Crippen molar-refractivity contribution in [1.29, 1.82) is 0 Å². The van der Waals surface area contributed by atoms with E-state index in [-0.39, 0.29) is 19.4 Å². The zero-order valence-electron chi connectivity index (χ0n) is 7.72. The van der Waals surface area contributed by atoms with Gasteiger partial charge in [0.05, 0.1) is 0 Å². The minimum atomic E-state index is -3.79. The summed E-state index contributed by atoms with van der Waals surface area (Å²) >= 11 is 0. The van der Waals surface area contributed by atoms with Gasteiger partial charge in [-0.05, 0) is 12.8 Å². The number of rotatable bonds is 5. The number of hydrogen-bond acceptors (Lipinski definition) is 2. The summed E-state index contributed by atoms with van der Waals surface area (Å²) in [7, 11) is -3.79. The van der Waals surface area contributed by atoms with Gasteiger partial charge in [-0.15, -0.1) is 0 Å². The standard InChI is InChI=1S/C7H16FNO2S/c1-4-7(8,5-2)12(10,11)9-6-3/h9H,4-6H2,1-3H3. The fourth-order valence-electron chi connectivity index (χ4n) is 0.949. The van der Waals surface area contributed by atoms with Crippen molar-refractivity contribution in [3.63, 3.8) is 0 Å². The molecule has 0 amide bonds. The molecule has 0 aliphatic heterocycles. The summed E-state index contributed by atoms with van der Waals surface area (Å²) in [5, 5.41) is -2.11. The molecule has 0 bridgehead atoms.